The molecule has 0 atom stereocenters. The minimum atomic E-state index is 0.0105. The minimum absolute atomic E-state index is 0.0105. The summed E-state index contributed by atoms with van der Waals surface area (Å²) in [5, 5.41) is 2.76. The third-order valence-electron chi connectivity index (χ3n) is 2.00. The predicted molar refractivity (Wildman–Crippen MR) is 69.1 cm³/mol. The molecule has 0 heterocycles. The molecule has 104 valence electrons. The Morgan fingerprint density at radius 2 is 1.67 bits per heavy atom. The van der Waals surface area contributed by atoms with Crippen molar-refractivity contribution in [3.8, 4) is 12.3 Å². The van der Waals surface area contributed by atoms with Crippen LogP contribution in [0.25, 0.3) is 0 Å². The first kappa shape index (κ1) is 16.9. The second-order valence-corrected chi connectivity index (χ2v) is 3.93. The van der Waals surface area contributed by atoms with Crippen molar-refractivity contribution in [1.29, 1.82) is 0 Å². The molecule has 0 spiro atoms. The summed E-state index contributed by atoms with van der Waals surface area (Å²) in [7, 11) is 0. The summed E-state index contributed by atoms with van der Waals surface area (Å²) in [5.74, 6) is 2.43. The van der Waals surface area contributed by atoms with Crippen molar-refractivity contribution >= 4 is 5.91 Å². The van der Waals surface area contributed by atoms with Crippen LogP contribution in [0.3, 0.4) is 0 Å². The Bertz CT molecular complexity index is 248. The molecule has 0 saturated carbocycles. The van der Waals surface area contributed by atoms with Gasteiger partial charge in [-0.05, 0) is 0 Å². The van der Waals surface area contributed by atoms with Gasteiger partial charge < -0.3 is 19.5 Å². The van der Waals surface area contributed by atoms with Crippen molar-refractivity contribution in [2.24, 2.45) is 5.92 Å². The van der Waals surface area contributed by atoms with Crippen molar-refractivity contribution in [2.45, 2.75) is 13.8 Å². The van der Waals surface area contributed by atoms with Crippen molar-refractivity contribution in [1.82, 2.24) is 5.32 Å². The van der Waals surface area contributed by atoms with E-state index in [0.29, 0.717) is 46.2 Å². The fraction of sp³-hybridized carbons (Fsp3) is 0.769. The smallest absolute Gasteiger partial charge is 0.222 e. The van der Waals surface area contributed by atoms with Crippen LogP contribution < -0.4 is 5.32 Å². The fourth-order valence-electron chi connectivity index (χ4n) is 1.02. The molecule has 0 fully saturated rings. The maximum Gasteiger partial charge on any atom is 0.222 e. The van der Waals surface area contributed by atoms with Crippen molar-refractivity contribution in [3.05, 3.63) is 0 Å². The van der Waals surface area contributed by atoms with E-state index in [-0.39, 0.29) is 11.8 Å². The molecule has 1 amide bonds. The molecule has 0 aliphatic carbocycles. The molecule has 0 aromatic rings. The third-order valence-corrected chi connectivity index (χ3v) is 2.00. The van der Waals surface area contributed by atoms with Crippen LogP contribution >= 0.6 is 0 Å². The number of nitrogens with one attached hydrogen (secondary N) is 1. The Morgan fingerprint density at radius 1 is 1.11 bits per heavy atom. The first-order valence-electron chi connectivity index (χ1n) is 6.13. The Kier molecular flexibility index (Phi) is 11.6. The average Bonchev–Trinajstić information content (AvgIpc) is 2.35. The van der Waals surface area contributed by atoms with Gasteiger partial charge in [0.2, 0.25) is 5.91 Å². The Balaban J connectivity index is 3.08. The van der Waals surface area contributed by atoms with Crippen molar-refractivity contribution in [2.75, 3.05) is 46.2 Å². The lowest BCUT2D eigenvalue weighted by molar-refractivity contribution is -0.124. The van der Waals surface area contributed by atoms with E-state index in [0.717, 1.165) is 0 Å². The van der Waals surface area contributed by atoms with E-state index in [2.05, 4.69) is 11.2 Å². The monoisotopic (exact) mass is 257 g/mol. The van der Waals surface area contributed by atoms with Gasteiger partial charge in [-0.1, -0.05) is 19.8 Å². The summed E-state index contributed by atoms with van der Waals surface area (Å²) < 4.78 is 15.5. The van der Waals surface area contributed by atoms with Crippen LogP contribution in [0.2, 0.25) is 0 Å². The summed E-state index contributed by atoms with van der Waals surface area (Å²) in [4.78, 5) is 11.2. The zero-order valence-electron chi connectivity index (χ0n) is 11.2. The molecule has 0 radical (unpaired) electrons. The van der Waals surface area contributed by atoms with Crippen LogP contribution in [0.5, 0.6) is 0 Å². The van der Waals surface area contributed by atoms with Gasteiger partial charge in [-0.3, -0.25) is 4.79 Å². The number of terminal acetylenes is 1. The molecule has 0 aliphatic rings. The number of carbonyl (C=O) groups is 1. The van der Waals surface area contributed by atoms with Gasteiger partial charge in [0, 0.05) is 12.5 Å². The van der Waals surface area contributed by atoms with Crippen molar-refractivity contribution in [3.63, 3.8) is 0 Å². The van der Waals surface area contributed by atoms with Crippen molar-refractivity contribution < 1.29 is 19.0 Å². The number of carbonyl (C=O) groups excluding carboxylic acids is 1. The SMILES string of the molecule is C#CCOCCOCCOCCNC(=O)C(C)C. The van der Waals surface area contributed by atoms with Gasteiger partial charge in [-0.2, -0.15) is 0 Å². The second kappa shape index (κ2) is 12.4. The molecular formula is C13H23NO4. The molecule has 0 bridgehead atoms. The standard InChI is InChI=1S/C13H23NO4/c1-4-6-16-8-10-18-11-9-17-7-5-14-13(15)12(2)3/h1,12H,5-11H2,2-3H3,(H,14,15). The Hall–Kier alpha value is -1.09. The van der Waals surface area contributed by atoms with E-state index in [1.54, 1.807) is 0 Å². The molecule has 0 saturated heterocycles. The highest BCUT2D eigenvalue weighted by Crippen LogP contribution is 1.89. The molecule has 0 aromatic heterocycles. The number of rotatable bonds is 11. The van der Waals surface area contributed by atoms with Crippen LogP contribution in [-0.2, 0) is 19.0 Å². The fourth-order valence-corrected chi connectivity index (χ4v) is 1.02. The van der Waals surface area contributed by atoms with E-state index >= 15 is 0 Å². The second-order valence-electron chi connectivity index (χ2n) is 3.93. The van der Waals surface area contributed by atoms with Gasteiger partial charge in [-0.15, -0.1) is 6.42 Å². The summed E-state index contributed by atoms with van der Waals surface area (Å²) in [6, 6.07) is 0. The molecule has 18 heavy (non-hydrogen) atoms. The summed E-state index contributed by atoms with van der Waals surface area (Å²) in [5.41, 5.74) is 0. The van der Waals surface area contributed by atoms with Crippen LogP contribution in [-0.4, -0.2) is 52.1 Å². The summed E-state index contributed by atoms with van der Waals surface area (Å²) in [6.07, 6.45) is 5.01. The molecule has 0 aromatic carbocycles. The van der Waals surface area contributed by atoms with Crippen LogP contribution in [0, 0.1) is 18.3 Å². The molecule has 0 unspecified atom stereocenters. The maximum absolute atomic E-state index is 11.2. The van der Waals surface area contributed by atoms with E-state index in [9.17, 15) is 4.79 Å². The molecule has 0 rings (SSSR count). The first-order chi connectivity index (χ1) is 8.68. The Morgan fingerprint density at radius 3 is 2.22 bits per heavy atom. The van der Waals surface area contributed by atoms with Gasteiger partial charge in [0.1, 0.15) is 6.61 Å². The Labute approximate surface area is 109 Å². The van der Waals surface area contributed by atoms with Gasteiger partial charge in [0.25, 0.3) is 0 Å². The van der Waals surface area contributed by atoms with Gasteiger partial charge in [0.15, 0.2) is 0 Å². The molecule has 5 heteroatoms. The molecule has 1 N–H and O–H groups in total. The lowest BCUT2D eigenvalue weighted by Gasteiger charge is -2.08. The van der Waals surface area contributed by atoms with E-state index in [1.807, 2.05) is 13.8 Å². The lowest BCUT2D eigenvalue weighted by Crippen LogP contribution is -2.31. The number of hydrogen-bond acceptors (Lipinski definition) is 4. The van der Waals surface area contributed by atoms with Crippen LogP contribution in [0.1, 0.15) is 13.8 Å². The molecule has 5 nitrogen and oxygen atoms in total. The van der Waals surface area contributed by atoms with Crippen LogP contribution in [0.4, 0.5) is 0 Å². The van der Waals surface area contributed by atoms with E-state index in [1.165, 1.54) is 0 Å². The largest absolute Gasteiger partial charge is 0.377 e. The molecular weight excluding hydrogens is 234 g/mol. The highest BCUT2D eigenvalue weighted by atomic mass is 16.5. The van der Waals surface area contributed by atoms with Gasteiger partial charge >= 0.3 is 0 Å². The summed E-state index contributed by atoms with van der Waals surface area (Å²) >= 11 is 0. The summed E-state index contributed by atoms with van der Waals surface area (Å²) in [6.45, 7) is 7.07. The van der Waals surface area contributed by atoms with E-state index < -0.39 is 0 Å². The first-order valence-corrected chi connectivity index (χ1v) is 6.13. The van der Waals surface area contributed by atoms with Crippen LogP contribution in [0.15, 0.2) is 0 Å². The van der Waals surface area contributed by atoms with Gasteiger partial charge in [-0.25, -0.2) is 0 Å². The predicted octanol–water partition coefficient (Wildman–Crippen LogP) is 0.442. The normalized spacial score (nSPS) is 10.3. The third kappa shape index (κ3) is 11.4. The van der Waals surface area contributed by atoms with E-state index in [4.69, 9.17) is 20.6 Å². The number of amides is 1. The highest BCUT2D eigenvalue weighted by Gasteiger charge is 2.04. The topological polar surface area (TPSA) is 56.8 Å². The number of hydrogen-bond donors (Lipinski definition) is 1. The quantitative estimate of drug-likeness (QED) is 0.431. The zero-order chi connectivity index (χ0) is 13.6. The molecule has 0 aliphatic heterocycles. The number of ether oxygens (including phenoxy) is 3. The highest BCUT2D eigenvalue weighted by molar-refractivity contribution is 5.77. The maximum atomic E-state index is 11.2. The van der Waals surface area contributed by atoms with Gasteiger partial charge in [0.05, 0.1) is 33.0 Å². The zero-order valence-corrected chi connectivity index (χ0v) is 11.2. The average molecular weight is 257 g/mol. The minimum Gasteiger partial charge on any atom is -0.377 e. The lowest BCUT2D eigenvalue weighted by atomic mass is 10.2.